The molecule has 0 atom stereocenters. The number of hydrogen-bond donors (Lipinski definition) is 1. The van der Waals surface area contributed by atoms with Crippen LogP contribution in [0.4, 0.5) is 16.0 Å². The van der Waals surface area contributed by atoms with Gasteiger partial charge in [0.25, 0.3) is 5.69 Å². The highest BCUT2D eigenvalue weighted by atomic mass is 35.5. The Hall–Kier alpha value is -3.04. The molecule has 39 heavy (non-hydrogen) atoms. The number of nitrogens with one attached hydrogen (secondary N) is 1. The smallest absolute Gasteiger partial charge is 0.288 e. The minimum atomic E-state index is -0.562. The number of rotatable bonds is 14. The molecule has 0 fully saturated rings. The number of aromatic nitrogens is 4. The Labute approximate surface area is 245 Å². The quantitative estimate of drug-likeness (QED) is 0.0406. The summed E-state index contributed by atoms with van der Waals surface area (Å²) in [6.45, 7) is 2.21. The summed E-state index contributed by atoms with van der Waals surface area (Å²) in [6.07, 6.45) is 2.78. The lowest BCUT2D eigenvalue weighted by Gasteiger charge is -2.07. The van der Waals surface area contributed by atoms with Gasteiger partial charge in [-0.1, -0.05) is 51.9 Å². The molecule has 11 nitrogen and oxygen atoms in total. The van der Waals surface area contributed by atoms with Gasteiger partial charge in [-0.15, -0.1) is 20.4 Å². The molecule has 0 radical (unpaired) electrons. The number of halogens is 2. The van der Waals surface area contributed by atoms with Crippen molar-refractivity contribution in [2.45, 2.75) is 19.8 Å². The highest BCUT2D eigenvalue weighted by Crippen LogP contribution is 2.28. The summed E-state index contributed by atoms with van der Waals surface area (Å²) in [4.78, 5) is 14.4. The number of anilines is 1. The van der Waals surface area contributed by atoms with Crippen molar-refractivity contribution in [1.82, 2.24) is 20.4 Å². The predicted molar refractivity (Wildman–Crippen MR) is 157 cm³/mol. The lowest BCUT2D eigenvalue weighted by Crippen LogP contribution is -2.08. The Bertz CT molecular complexity index is 1450. The number of hydrogen-bond acceptors (Lipinski definition) is 13. The minimum absolute atomic E-state index is 0.0144. The average Bonchev–Trinajstić information content (AvgIpc) is 3.55. The van der Waals surface area contributed by atoms with Gasteiger partial charge in [-0.2, -0.15) is 16.8 Å². The SMILES string of the molecule is Cc1ccc(OCNc2nnc(CCSCCc3nnc(/N=C\Oc4ccc([N+](=O)[O-])c(Cl)c4)s3)s2)cc1Cl. The van der Waals surface area contributed by atoms with Crippen molar-refractivity contribution >= 4 is 80.0 Å². The first-order valence-electron chi connectivity index (χ1n) is 11.4. The summed E-state index contributed by atoms with van der Waals surface area (Å²) in [5.74, 6) is 2.81. The van der Waals surface area contributed by atoms with Crippen LogP contribution in [-0.4, -0.2) is 50.0 Å². The summed E-state index contributed by atoms with van der Waals surface area (Å²) < 4.78 is 11.0. The molecule has 0 unspecified atom stereocenters. The lowest BCUT2D eigenvalue weighted by atomic mass is 10.2. The Morgan fingerprint density at radius 2 is 1.74 bits per heavy atom. The standard InChI is InChI=1S/C23H21Cl2N7O4S3/c1-14-2-3-15(10-17(14)24)35-12-26-22-30-28-20(38-22)6-8-37-9-7-21-29-31-23(39-21)27-13-36-16-4-5-19(32(33)34)18(25)11-16/h2-5,10-11,13H,6-9,12H2,1H3,(H,26,30)/b27-13-. The van der Waals surface area contributed by atoms with Gasteiger partial charge in [0.05, 0.1) is 4.92 Å². The third-order valence-corrected chi connectivity index (χ3v) is 8.44. The van der Waals surface area contributed by atoms with Crippen molar-refractivity contribution in [3.05, 3.63) is 72.1 Å². The maximum absolute atomic E-state index is 10.8. The Balaban J connectivity index is 1.11. The Morgan fingerprint density at radius 1 is 1.03 bits per heavy atom. The zero-order valence-electron chi connectivity index (χ0n) is 20.4. The van der Waals surface area contributed by atoms with Crippen LogP contribution in [0.5, 0.6) is 11.5 Å². The van der Waals surface area contributed by atoms with Gasteiger partial charge in [0.2, 0.25) is 10.3 Å². The highest BCUT2D eigenvalue weighted by molar-refractivity contribution is 7.99. The van der Waals surface area contributed by atoms with Crippen molar-refractivity contribution in [3.8, 4) is 11.5 Å². The van der Waals surface area contributed by atoms with Crippen LogP contribution in [0, 0.1) is 17.0 Å². The fourth-order valence-corrected chi connectivity index (χ4v) is 5.87. The summed E-state index contributed by atoms with van der Waals surface area (Å²) >= 11 is 16.6. The molecular formula is C23H21Cl2N7O4S3. The lowest BCUT2D eigenvalue weighted by molar-refractivity contribution is -0.384. The number of aryl methyl sites for hydroxylation is 3. The van der Waals surface area contributed by atoms with Crippen LogP contribution in [0.2, 0.25) is 10.0 Å². The molecule has 0 saturated heterocycles. The van der Waals surface area contributed by atoms with E-state index in [1.165, 1.54) is 47.3 Å². The van der Waals surface area contributed by atoms with Gasteiger partial charge in [-0.3, -0.25) is 10.1 Å². The molecule has 0 aliphatic heterocycles. The second kappa shape index (κ2) is 14.4. The summed E-state index contributed by atoms with van der Waals surface area (Å²) in [5, 5.41) is 34.1. The van der Waals surface area contributed by atoms with E-state index in [9.17, 15) is 10.1 Å². The van der Waals surface area contributed by atoms with E-state index in [0.717, 1.165) is 39.9 Å². The molecule has 204 valence electrons. The maximum atomic E-state index is 10.8. The molecular weight excluding hydrogens is 605 g/mol. The molecule has 4 rings (SSSR count). The topological polar surface area (TPSA) is 138 Å². The van der Waals surface area contributed by atoms with Gasteiger partial charge in [0.15, 0.2) is 13.1 Å². The molecule has 2 heterocycles. The van der Waals surface area contributed by atoms with E-state index in [4.69, 9.17) is 32.7 Å². The number of thioether (sulfide) groups is 1. The van der Waals surface area contributed by atoms with Crippen molar-refractivity contribution in [2.24, 2.45) is 4.99 Å². The van der Waals surface area contributed by atoms with Gasteiger partial charge < -0.3 is 14.8 Å². The molecule has 2 aromatic heterocycles. The summed E-state index contributed by atoms with van der Waals surface area (Å²) in [6, 6.07) is 9.63. The number of nitrogens with zero attached hydrogens (tertiary/aromatic N) is 6. The van der Waals surface area contributed by atoms with Gasteiger partial charge in [0.1, 0.15) is 26.5 Å². The third kappa shape index (κ3) is 9.00. The van der Waals surface area contributed by atoms with Crippen molar-refractivity contribution < 1.29 is 14.4 Å². The minimum Gasteiger partial charge on any atom is -0.473 e. The van der Waals surface area contributed by atoms with Gasteiger partial charge in [-0.05, 0) is 42.2 Å². The van der Waals surface area contributed by atoms with Crippen LogP contribution in [0.15, 0.2) is 41.4 Å². The van der Waals surface area contributed by atoms with Gasteiger partial charge in [0, 0.05) is 30.0 Å². The monoisotopic (exact) mass is 625 g/mol. The van der Waals surface area contributed by atoms with Crippen LogP contribution in [0.25, 0.3) is 0 Å². The number of ether oxygens (including phenoxy) is 2. The zero-order chi connectivity index (χ0) is 27.6. The predicted octanol–water partition coefficient (Wildman–Crippen LogP) is 6.62. The van der Waals surface area contributed by atoms with Crippen LogP contribution in [0.3, 0.4) is 0 Å². The Morgan fingerprint density at radius 3 is 2.49 bits per heavy atom. The molecule has 0 aliphatic rings. The van der Waals surface area contributed by atoms with Crippen LogP contribution in [-0.2, 0) is 12.8 Å². The van der Waals surface area contributed by atoms with Gasteiger partial charge in [-0.25, -0.2) is 0 Å². The first-order chi connectivity index (χ1) is 18.9. The number of benzene rings is 2. The van der Waals surface area contributed by atoms with E-state index < -0.39 is 4.92 Å². The number of aliphatic imine (C=N–C) groups is 1. The molecule has 0 amide bonds. The molecule has 1 N–H and O–H groups in total. The molecule has 0 bridgehead atoms. The molecule has 4 aromatic rings. The zero-order valence-corrected chi connectivity index (χ0v) is 24.3. The highest BCUT2D eigenvalue weighted by Gasteiger charge is 2.12. The van der Waals surface area contributed by atoms with Crippen molar-refractivity contribution in [1.29, 1.82) is 0 Å². The van der Waals surface area contributed by atoms with Crippen LogP contribution < -0.4 is 14.8 Å². The van der Waals surface area contributed by atoms with Crippen LogP contribution >= 0.6 is 57.6 Å². The second-order valence-corrected chi connectivity index (χ2v) is 11.8. The molecule has 0 spiro atoms. The second-order valence-electron chi connectivity index (χ2n) is 7.69. The fourth-order valence-electron chi connectivity index (χ4n) is 2.93. The summed E-state index contributed by atoms with van der Waals surface area (Å²) in [7, 11) is 0. The Kier molecular flexibility index (Phi) is 10.7. The fraction of sp³-hybridized carbons (Fsp3) is 0.261. The summed E-state index contributed by atoms with van der Waals surface area (Å²) in [5.41, 5.74) is 0.810. The van der Waals surface area contributed by atoms with Crippen LogP contribution in [0.1, 0.15) is 15.6 Å². The first kappa shape index (κ1) is 29.0. The number of nitro benzene ring substituents is 1. The van der Waals surface area contributed by atoms with E-state index in [2.05, 4.69) is 30.7 Å². The molecule has 16 heteroatoms. The van der Waals surface area contributed by atoms with E-state index in [-0.39, 0.29) is 17.4 Å². The van der Waals surface area contributed by atoms with Crippen molar-refractivity contribution in [3.63, 3.8) is 0 Å². The largest absolute Gasteiger partial charge is 0.473 e. The number of nitro groups is 1. The molecule has 0 aliphatic carbocycles. The first-order valence-corrected chi connectivity index (χ1v) is 14.9. The molecule has 0 saturated carbocycles. The van der Waals surface area contributed by atoms with E-state index in [1.807, 2.05) is 19.1 Å². The van der Waals surface area contributed by atoms with E-state index >= 15 is 0 Å². The van der Waals surface area contributed by atoms with E-state index in [0.29, 0.717) is 26.8 Å². The average molecular weight is 627 g/mol. The van der Waals surface area contributed by atoms with E-state index in [1.54, 1.807) is 17.8 Å². The maximum Gasteiger partial charge on any atom is 0.288 e. The van der Waals surface area contributed by atoms with Crippen molar-refractivity contribution in [2.75, 3.05) is 23.6 Å². The third-order valence-electron chi connectivity index (χ3n) is 4.92. The normalized spacial score (nSPS) is 11.2. The van der Waals surface area contributed by atoms with Gasteiger partial charge >= 0.3 is 0 Å². The molecule has 2 aromatic carbocycles.